The summed E-state index contributed by atoms with van der Waals surface area (Å²) in [6.45, 7) is 1.66. The van der Waals surface area contributed by atoms with Gasteiger partial charge in [0.15, 0.2) is 23.1 Å². The number of carbonyl (C=O) groups excluding carboxylic acids is 1. The topological polar surface area (TPSA) is 150 Å². The molecule has 0 aromatic carbocycles. The molecule has 2 aromatic rings. The lowest BCUT2D eigenvalue weighted by atomic mass is 10.2. The molecule has 0 radical (unpaired) electrons. The smallest absolute Gasteiger partial charge is 0.335 e. The highest BCUT2D eigenvalue weighted by Crippen LogP contribution is 2.18. The van der Waals surface area contributed by atoms with Crippen LogP contribution in [0.4, 0.5) is 5.82 Å². The first-order valence-corrected chi connectivity index (χ1v) is 6.98. The molecule has 10 nitrogen and oxygen atoms in total. The minimum Gasteiger partial charge on any atom is -0.479 e. The largest absolute Gasteiger partial charge is 0.479 e. The van der Waals surface area contributed by atoms with Crippen molar-refractivity contribution in [3.05, 3.63) is 12.7 Å². The molecule has 0 unspecified atom stereocenters. The van der Waals surface area contributed by atoms with Crippen LogP contribution < -0.4 is 5.32 Å². The Labute approximate surface area is 130 Å². The van der Waals surface area contributed by atoms with Crippen LogP contribution in [-0.4, -0.2) is 58.9 Å². The Morgan fingerprint density at radius 1 is 1.30 bits per heavy atom. The Morgan fingerprint density at radius 2 is 2.04 bits per heavy atom. The number of fused-ring (bicyclic) bond motifs is 1. The summed E-state index contributed by atoms with van der Waals surface area (Å²) in [6.07, 6.45) is 0.133. The zero-order chi connectivity index (χ0) is 17.0. The van der Waals surface area contributed by atoms with E-state index in [2.05, 4.69) is 20.3 Å². The SMILES string of the molecule is CCCC(=O)Nc1ncnc2c1ncn2C[C@@H](O)[C@@H](O)C(=O)O. The molecule has 2 rings (SSSR count). The average Bonchev–Trinajstić information content (AvgIpc) is 2.90. The Kier molecular flexibility index (Phi) is 5.19. The molecule has 0 aliphatic heterocycles. The Morgan fingerprint density at radius 3 is 2.70 bits per heavy atom. The lowest BCUT2D eigenvalue weighted by Crippen LogP contribution is -2.36. The Bertz CT molecular complexity index is 716. The predicted octanol–water partition coefficient (Wildman–Crippen LogP) is -0.629. The first-order chi connectivity index (χ1) is 10.9. The van der Waals surface area contributed by atoms with E-state index in [1.807, 2.05) is 6.92 Å². The van der Waals surface area contributed by atoms with Gasteiger partial charge in [0, 0.05) is 6.42 Å². The Hall–Kier alpha value is -2.59. The predicted molar refractivity (Wildman–Crippen MR) is 78.5 cm³/mol. The van der Waals surface area contributed by atoms with Gasteiger partial charge in [0.05, 0.1) is 12.9 Å². The lowest BCUT2D eigenvalue weighted by Gasteiger charge is -2.14. The molecule has 10 heteroatoms. The summed E-state index contributed by atoms with van der Waals surface area (Å²) >= 11 is 0. The summed E-state index contributed by atoms with van der Waals surface area (Å²) in [5.74, 6) is -1.49. The van der Waals surface area contributed by atoms with Gasteiger partial charge >= 0.3 is 5.97 Å². The number of nitrogens with one attached hydrogen (secondary N) is 1. The first kappa shape index (κ1) is 16.8. The van der Waals surface area contributed by atoms with E-state index in [0.29, 0.717) is 24.0 Å². The number of nitrogens with zero attached hydrogens (tertiary/aromatic N) is 4. The number of hydrogen-bond acceptors (Lipinski definition) is 7. The summed E-state index contributed by atoms with van der Waals surface area (Å²) < 4.78 is 1.38. The number of aromatic nitrogens is 4. The van der Waals surface area contributed by atoms with Crippen molar-refractivity contribution in [3.8, 4) is 0 Å². The number of imidazole rings is 1. The van der Waals surface area contributed by atoms with Gasteiger partial charge < -0.3 is 25.2 Å². The third-order valence-corrected chi connectivity index (χ3v) is 3.14. The normalized spacial score (nSPS) is 13.7. The monoisotopic (exact) mass is 323 g/mol. The molecular weight excluding hydrogens is 306 g/mol. The molecule has 0 aliphatic carbocycles. The fraction of sp³-hybridized carbons (Fsp3) is 0.462. The molecule has 0 spiro atoms. The second-order valence-corrected chi connectivity index (χ2v) is 4.94. The van der Waals surface area contributed by atoms with Gasteiger partial charge in [-0.2, -0.15) is 0 Å². The van der Waals surface area contributed by atoms with Crippen molar-refractivity contribution in [2.24, 2.45) is 0 Å². The molecular formula is C13H17N5O5. The molecule has 0 saturated carbocycles. The van der Waals surface area contributed by atoms with E-state index in [1.165, 1.54) is 17.2 Å². The average molecular weight is 323 g/mol. The maximum absolute atomic E-state index is 11.7. The van der Waals surface area contributed by atoms with Crippen LogP contribution in [-0.2, 0) is 16.1 Å². The van der Waals surface area contributed by atoms with Crippen LogP contribution in [0.15, 0.2) is 12.7 Å². The van der Waals surface area contributed by atoms with E-state index in [4.69, 9.17) is 5.11 Å². The van der Waals surface area contributed by atoms with E-state index in [0.717, 1.165) is 0 Å². The molecule has 0 aliphatic rings. The molecule has 2 aromatic heterocycles. The van der Waals surface area contributed by atoms with Gasteiger partial charge in [0.25, 0.3) is 0 Å². The van der Waals surface area contributed by atoms with Crippen molar-refractivity contribution in [2.75, 3.05) is 5.32 Å². The number of rotatable bonds is 7. The number of carboxylic acid groups (broad SMARTS) is 1. The minimum absolute atomic E-state index is 0.205. The molecule has 4 N–H and O–H groups in total. The molecule has 0 saturated heterocycles. The quantitative estimate of drug-likeness (QED) is 0.526. The summed E-state index contributed by atoms with van der Waals surface area (Å²) in [5.41, 5.74) is 0.623. The maximum atomic E-state index is 11.7. The molecule has 23 heavy (non-hydrogen) atoms. The van der Waals surface area contributed by atoms with Gasteiger partial charge in [-0.3, -0.25) is 4.79 Å². The van der Waals surface area contributed by atoms with Crippen molar-refractivity contribution >= 4 is 28.9 Å². The molecule has 2 atom stereocenters. The van der Waals surface area contributed by atoms with E-state index in [-0.39, 0.29) is 18.3 Å². The minimum atomic E-state index is -1.92. The van der Waals surface area contributed by atoms with Gasteiger partial charge in [-0.25, -0.2) is 19.7 Å². The number of aliphatic carboxylic acids is 1. The maximum Gasteiger partial charge on any atom is 0.335 e. The number of amides is 1. The molecule has 2 heterocycles. The van der Waals surface area contributed by atoms with Gasteiger partial charge in [0.1, 0.15) is 12.4 Å². The van der Waals surface area contributed by atoms with Crippen LogP contribution in [0.3, 0.4) is 0 Å². The van der Waals surface area contributed by atoms with Crippen LogP contribution in [0.2, 0.25) is 0 Å². The summed E-state index contributed by atoms with van der Waals surface area (Å²) in [7, 11) is 0. The van der Waals surface area contributed by atoms with Gasteiger partial charge in [-0.15, -0.1) is 0 Å². The van der Waals surface area contributed by atoms with E-state index in [9.17, 15) is 19.8 Å². The van der Waals surface area contributed by atoms with Crippen LogP contribution in [0.1, 0.15) is 19.8 Å². The highest BCUT2D eigenvalue weighted by atomic mass is 16.4. The van der Waals surface area contributed by atoms with Crippen LogP contribution >= 0.6 is 0 Å². The number of aliphatic hydroxyl groups excluding tert-OH is 2. The van der Waals surface area contributed by atoms with E-state index >= 15 is 0 Å². The van der Waals surface area contributed by atoms with Gasteiger partial charge in [-0.05, 0) is 6.42 Å². The summed E-state index contributed by atoms with van der Waals surface area (Å²) in [5, 5.41) is 30.3. The number of anilines is 1. The van der Waals surface area contributed by atoms with Crippen molar-refractivity contribution < 1.29 is 24.9 Å². The first-order valence-electron chi connectivity index (χ1n) is 6.98. The van der Waals surface area contributed by atoms with Crippen molar-refractivity contribution in [2.45, 2.75) is 38.5 Å². The highest BCUT2D eigenvalue weighted by molar-refractivity contribution is 5.96. The van der Waals surface area contributed by atoms with Crippen LogP contribution in [0.5, 0.6) is 0 Å². The van der Waals surface area contributed by atoms with Crippen molar-refractivity contribution in [1.29, 1.82) is 0 Å². The zero-order valence-corrected chi connectivity index (χ0v) is 12.4. The summed E-state index contributed by atoms with van der Waals surface area (Å²) in [6, 6.07) is 0. The molecule has 124 valence electrons. The van der Waals surface area contributed by atoms with Crippen LogP contribution in [0, 0.1) is 0 Å². The molecule has 1 amide bonds. The third-order valence-electron chi connectivity index (χ3n) is 3.14. The molecule has 0 fully saturated rings. The fourth-order valence-electron chi connectivity index (χ4n) is 1.99. The van der Waals surface area contributed by atoms with Gasteiger partial charge in [0.2, 0.25) is 5.91 Å². The second-order valence-electron chi connectivity index (χ2n) is 4.94. The standard InChI is InChI=1S/C13H17N5O5/c1-2-3-8(20)17-11-9-12(15-5-14-11)18(6-16-9)4-7(19)10(21)13(22)23/h5-7,10,19,21H,2-4H2,1H3,(H,22,23)(H,14,15,17,20)/t7-,10-/m1/s1. The van der Waals surface area contributed by atoms with Crippen molar-refractivity contribution in [3.63, 3.8) is 0 Å². The third kappa shape index (κ3) is 3.79. The zero-order valence-electron chi connectivity index (χ0n) is 12.4. The number of hydrogen-bond donors (Lipinski definition) is 4. The van der Waals surface area contributed by atoms with Crippen LogP contribution in [0.25, 0.3) is 11.2 Å². The van der Waals surface area contributed by atoms with E-state index in [1.54, 1.807) is 0 Å². The van der Waals surface area contributed by atoms with Gasteiger partial charge in [-0.1, -0.05) is 6.92 Å². The molecule has 0 bridgehead atoms. The lowest BCUT2D eigenvalue weighted by molar-refractivity contribution is -0.153. The number of carbonyl (C=O) groups is 2. The highest BCUT2D eigenvalue weighted by Gasteiger charge is 2.25. The van der Waals surface area contributed by atoms with Crippen molar-refractivity contribution in [1.82, 2.24) is 19.5 Å². The fourth-order valence-corrected chi connectivity index (χ4v) is 1.99. The second kappa shape index (κ2) is 7.11. The summed E-state index contributed by atoms with van der Waals surface area (Å²) in [4.78, 5) is 34.4. The van der Waals surface area contributed by atoms with E-state index < -0.39 is 18.2 Å². The number of carboxylic acids is 1. The number of aliphatic hydroxyl groups is 2. The Balaban J connectivity index is 2.24.